The Morgan fingerprint density at radius 1 is 1.21 bits per heavy atom. The van der Waals surface area contributed by atoms with Crippen LogP contribution in [0.4, 0.5) is 25.1 Å². The van der Waals surface area contributed by atoms with Gasteiger partial charge < -0.3 is 20.2 Å². The van der Waals surface area contributed by atoms with Crippen LogP contribution >= 0.6 is 0 Å². The van der Waals surface area contributed by atoms with E-state index in [0.717, 1.165) is 31.7 Å². The molecule has 0 bridgehead atoms. The number of benzene rings is 1. The largest absolute Gasteiger partial charge is 0.490 e. The highest BCUT2D eigenvalue weighted by molar-refractivity contribution is 5.76. The maximum Gasteiger partial charge on any atom is 0.490 e. The average molecular weight is 526 g/mol. The van der Waals surface area contributed by atoms with E-state index < -0.39 is 12.1 Å². The second kappa shape index (κ2) is 11.9. The molecule has 0 radical (unpaired) electrons. The number of nitrogens with one attached hydrogen (secondary N) is 1. The van der Waals surface area contributed by atoms with Crippen molar-refractivity contribution in [2.75, 3.05) is 31.1 Å². The van der Waals surface area contributed by atoms with Crippen LogP contribution in [-0.4, -0.2) is 62.5 Å². The highest BCUT2D eigenvalue weighted by Gasteiger charge is 2.38. The number of piperazine rings is 1. The fourth-order valence-corrected chi connectivity index (χ4v) is 3.60. The second-order valence-corrected chi connectivity index (χ2v) is 7.86. The summed E-state index contributed by atoms with van der Waals surface area (Å²) in [5, 5.41) is 19.4. The molecule has 2 N–H and O–H groups in total. The number of aromatic nitrogens is 4. The van der Waals surface area contributed by atoms with Crippen molar-refractivity contribution in [2.24, 2.45) is 0 Å². The number of nitrogens with zero attached hydrogens (tertiary/aromatic N) is 7. The molecule has 0 amide bonds. The van der Waals surface area contributed by atoms with Crippen LogP contribution in [0.15, 0.2) is 29.1 Å². The number of imidazole rings is 1. The summed E-state index contributed by atoms with van der Waals surface area (Å²) >= 11 is 0. The first-order valence-electron chi connectivity index (χ1n) is 11.1. The zero-order chi connectivity index (χ0) is 27.9. The molecule has 11 nitrogen and oxygen atoms in total. The van der Waals surface area contributed by atoms with E-state index in [1.54, 1.807) is 35.8 Å². The number of hydrogen-bond acceptors (Lipinski definition) is 7. The van der Waals surface area contributed by atoms with Gasteiger partial charge in [0.1, 0.15) is 0 Å². The van der Waals surface area contributed by atoms with Crippen LogP contribution in [0.3, 0.4) is 0 Å². The van der Waals surface area contributed by atoms with Crippen molar-refractivity contribution in [1.29, 1.82) is 5.26 Å². The minimum atomic E-state index is -5.08. The second-order valence-electron chi connectivity index (χ2n) is 7.86. The lowest BCUT2D eigenvalue weighted by Crippen LogP contribution is -2.44. The molecular formula is C24H21F3N8O3. The Kier molecular flexibility index (Phi) is 8.69. The summed E-state index contributed by atoms with van der Waals surface area (Å²) in [6.07, 6.45) is -5.08. The van der Waals surface area contributed by atoms with Crippen molar-refractivity contribution in [3.8, 4) is 17.9 Å². The Hall–Kier alpha value is -4.87. The number of carboxylic acids is 1. The summed E-state index contributed by atoms with van der Waals surface area (Å²) in [7, 11) is 0. The van der Waals surface area contributed by atoms with E-state index in [1.165, 1.54) is 4.57 Å². The van der Waals surface area contributed by atoms with E-state index in [-0.39, 0.29) is 23.7 Å². The van der Waals surface area contributed by atoms with Gasteiger partial charge in [-0.05, 0) is 24.6 Å². The van der Waals surface area contributed by atoms with Crippen LogP contribution in [-0.2, 0) is 17.9 Å². The van der Waals surface area contributed by atoms with Crippen molar-refractivity contribution in [3.63, 3.8) is 0 Å². The Labute approximate surface area is 214 Å². The van der Waals surface area contributed by atoms with Gasteiger partial charge in [0, 0.05) is 26.2 Å². The van der Waals surface area contributed by atoms with Crippen molar-refractivity contribution >= 4 is 29.0 Å². The number of rotatable bonds is 4. The summed E-state index contributed by atoms with van der Waals surface area (Å²) in [5.74, 6) is 3.78. The molecule has 1 saturated heterocycles. The molecule has 4 rings (SSSR count). The van der Waals surface area contributed by atoms with Gasteiger partial charge in [-0.2, -0.15) is 23.4 Å². The van der Waals surface area contributed by atoms with Crippen LogP contribution in [0.1, 0.15) is 18.1 Å². The maximum atomic E-state index is 13.5. The van der Waals surface area contributed by atoms with Gasteiger partial charge in [-0.25, -0.2) is 9.59 Å². The molecule has 0 aliphatic carbocycles. The predicted octanol–water partition coefficient (Wildman–Crippen LogP) is 2.13. The molecule has 1 aromatic carbocycles. The van der Waals surface area contributed by atoms with Gasteiger partial charge in [0.15, 0.2) is 5.52 Å². The Bertz CT molecular complexity index is 1530. The fourth-order valence-electron chi connectivity index (χ4n) is 3.60. The lowest BCUT2D eigenvalue weighted by atomic mass is 10.1. The number of carbonyl (C=O) groups is 1. The number of halogens is 3. The Balaban J connectivity index is 0.000000505. The lowest BCUT2D eigenvalue weighted by molar-refractivity contribution is -0.192. The molecule has 0 unspecified atom stereocenters. The van der Waals surface area contributed by atoms with E-state index >= 15 is 0 Å². The molecule has 3 aromatic rings. The van der Waals surface area contributed by atoms with Crippen LogP contribution < -0.4 is 15.8 Å². The third-order valence-corrected chi connectivity index (χ3v) is 5.40. The standard InChI is InChI=1S/C22H20N8O.C2HF3O2/c1-3-4-11-29-18-19(27-22(29)28-12-9-25-10-13-28)26-21(24-2)30(20(18)31)15-17-7-5-16(14-23)6-8-17;3-2(4,5)1(6)7/h5-8,25H,9-13,15H2,1H3;(H,6,7). The molecule has 0 saturated carbocycles. The molecule has 1 fully saturated rings. The number of alkyl halides is 3. The monoisotopic (exact) mass is 526 g/mol. The molecular weight excluding hydrogens is 505 g/mol. The highest BCUT2D eigenvalue weighted by Crippen LogP contribution is 2.22. The van der Waals surface area contributed by atoms with Crippen molar-refractivity contribution in [2.45, 2.75) is 26.2 Å². The first-order valence-corrected chi connectivity index (χ1v) is 11.1. The number of carboxylic acid groups (broad SMARTS) is 1. The first kappa shape index (κ1) is 27.7. The van der Waals surface area contributed by atoms with Gasteiger partial charge in [0.25, 0.3) is 0 Å². The molecule has 0 atom stereocenters. The summed E-state index contributed by atoms with van der Waals surface area (Å²) in [6.45, 7) is 13.0. The van der Waals surface area contributed by atoms with Gasteiger partial charge in [-0.15, -0.1) is 17.5 Å². The van der Waals surface area contributed by atoms with E-state index in [1.807, 2.05) is 0 Å². The quantitative estimate of drug-likeness (QED) is 0.390. The van der Waals surface area contributed by atoms with Gasteiger partial charge >= 0.3 is 23.7 Å². The number of fused-ring (bicyclic) bond motifs is 1. The normalized spacial score (nSPS) is 12.9. The average Bonchev–Trinajstić information content (AvgIpc) is 3.28. The molecule has 196 valence electrons. The molecule has 2 aromatic heterocycles. The Morgan fingerprint density at radius 3 is 2.37 bits per heavy atom. The first-order chi connectivity index (χ1) is 18.1. The minimum absolute atomic E-state index is 0.0139. The van der Waals surface area contributed by atoms with Crippen molar-refractivity contribution < 1.29 is 23.1 Å². The molecule has 1 aliphatic rings. The summed E-state index contributed by atoms with van der Waals surface area (Å²) in [6, 6.07) is 9.00. The van der Waals surface area contributed by atoms with Gasteiger partial charge in [-0.1, -0.05) is 18.1 Å². The number of aliphatic carboxylic acids is 1. The van der Waals surface area contributed by atoms with E-state index in [0.29, 0.717) is 23.6 Å². The predicted molar refractivity (Wildman–Crippen MR) is 131 cm³/mol. The number of anilines is 1. The number of nitriles is 1. The van der Waals surface area contributed by atoms with Gasteiger partial charge in [-0.3, -0.25) is 9.13 Å². The molecule has 38 heavy (non-hydrogen) atoms. The summed E-state index contributed by atoms with van der Waals surface area (Å²) in [5.41, 5.74) is 1.61. The smallest absolute Gasteiger partial charge is 0.475 e. The molecule has 3 heterocycles. The Morgan fingerprint density at radius 2 is 1.84 bits per heavy atom. The van der Waals surface area contributed by atoms with E-state index in [2.05, 4.69) is 42.9 Å². The SMILES string of the molecule is O=C(O)C(F)(F)F.[C-]#[N+]c1nc2nc(N3CCNCC3)n(CC#CC)c2c(=O)n1Cc1ccc(C#N)cc1. The molecule has 1 aliphatic heterocycles. The van der Waals surface area contributed by atoms with Gasteiger partial charge in [0.05, 0.1) is 24.7 Å². The summed E-state index contributed by atoms with van der Waals surface area (Å²) in [4.78, 5) is 37.0. The molecule has 0 spiro atoms. The van der Waals surface area contributed by atoms with Crippen molar-refractivity contribution in [1.82, 2.24) is 24.4 Å². The van der Waals surface area contributed by atoms with Crippen LogP contribution in [0, 0.1) is 29.7 Å². The van der Waals surface area contributed by atoms with Crippen molar-refractivity contribution in [3.05, 3.63) is 57.2 Å². The van der Waals surface area contributed by atoms with Crippen LogP contribution in [0.5, 0.6) is 0 Å². The summed E-state index contributed by atoms with van der Waals surface area (Å²) < 4.78 is 34.9. The third kappa shape index (κ3) is 6.27. The maximum absolute atomic E-state index is 13.5. The van der Waals surface area contributed by atoms with Crippen LogP contribution in [0.25, 0.3) is 16.0 Å². The lowest BCUT2D eigenvalue weighted by Gasteiger charge is -2.28. The molecule has 14 heteroatoms. The topological polar surface area (TPSA) is 133 Å². The number of hydrogen-bond donors (Lipinski definition) is 2. The zero-order valence-electron chi connectivity index (χ0n) is 20.1. The third-order valence-electron chi connectivity index (χ3n) is 5.40. The fraction of sp³-hybridized carbons (Fsp3) is 0.333. The zero-order valence-corrected chi connectivity index (χ0v) is 20.1. The van der Waals surface area contributed by atoms with Crippen LogP contribution in [0.2, 0.25) is 0 Å². The highest BCUT2D eigenvalue weighted by atomic mass is 19.4. The minimum Gasteiger partial charge on any atom is -0.475 e. The van der Waals surface area contributed by atoms with E-state index in [4.69, 9.17) is 21.7 Å². The van der Waals surface area contributed by atoms with E-state index in [9.17, 15) is 18.0 Å². The van der Waals surface area contributed by atoms with Gasteiger partial charge in [0.2, 0.25) is 11.6 Å².